The van der Waals surface area contributed by atoms with Crippen molar-refractivity contribution < 1.29 is 29.4 Å². The number of carboxylic acid groups (broad SMARTS) is 1. The molecular weight excluding hydrogens is 456 g/mol. The number of Topliss-reactive ketones (excluding diaryl/α,β-unsaturated/α-hetero) is 3. The van der Waals surface area contributed by atoms with E-state index < -0.39 is 34.2 Å². The highest BCUT2D eigenvalue weighted by Gasteiger charge is 2.68. The van der Waals surface area contributed by atoms with E-state index in [0.29, 0.717) is 25.7 Å². The van der Waals surface area contributed by atoms with Crippen LogP contribution in [-0.2, 0) is 19.2 Å². The number of allylic oxidation sites excluding steroid dienone is 1. The van der Waals surface area contributed by atoms with Crippen LogP contribution in [0.3, 0.4) is 0 Å². The van der Waals surface area contributed by atoms with Gasteiger partial charge >= 0.3 is 5.97 Å². The average Bonchev–Trinajstić information content (AvgIpc) is 2.97. The monoisotopic (exact) mass is 500 g/mol. The molecule has 0 amide bonds. The minimum Gasteiger partial charge on any atom is -0.481 e. The van der Waals surface area contributed by atoms with Crippen molar-refractivity contribution in [3.05, 3.63) is 11.1 Å². The summed E-state index contributed by atoms with van der Waals surface area (Å²) in [7, 11) is 0. The molecule has 0 aliphatic heterocycles. The van der Waals surface area contributed by atoms with Crippen LogP contribution in [0, 0.1) is 45.3 Å². The molecule has 0 spiro atoms. The summed E-state index contributed by atoms with van der Waals surface area (Å²) in [6, 6.07) is 0. The summed E-state index contributed by atoms with van der Waals surface area (Å²) in [5.41, 5.74) is 0.108. The van der Waals surface area contributed by atoms with E-state index in [1.807, 2.05) is 20.8 Å². The van der Waals surface area contributed by atoms with Crippen LogP contribution >= 0.6 is 0 Å². The third-order valence-electron chi connectivity index (χ3n) is 11.6. The fourth-order valence-electron chi connectivity index (χ4n) is 9.26. The highest BCUT2D eigenvalue weighted by Crippen LogP contribution is 2.71. The van der Waals surface area contributed by atoms with Gasteiger partial charge in [0.25, 0.3) is 0 Å². The Morgan fingerprint density at radius 2 is 1.67 bits per heavy atom. The van der Waals surface area contributed by atoms with Crippen molar-refractivity contribution in [3.63, 3.8) is 0 Å². The number of aliphatic hydroxyl groups excluding tert-OH is 1. The van der Waals surface area contributed by atoms with Crippen LogP contribution in [0.5, 0.6) is 0 Å². The number of hydrogen-bond acceptors (Lipinski definition) is 5. The van der Waals surface area contributed by atoms with Gasteiger partial charge in [-0.3, -0.25) is 19.2 Å². The lowest BCUT2D eigenvalue weighted by Gasteiger charge is -2.60. The summed E-state index contributed by atoms with van der Waals surface area (Å²) in [6.07, 6.45) is 3.25. The molecule has 4 aliphatic rings. The maximum atomic E-state index is 14.0. The first-order valence-corrected chi connectivity index (χ1v) is 13.7. The van der Waals surface area contributed by atoms with Crippen molar-refractivity contribution in [2.24, 2.45) is 45.3 Å². The molecule has 0 aromatic heterocycles. The zero-order valence-corrected chi connectivity index (χ0v) is 23.1. The summed E-state index contributed by atoms with van der Waals surface area (Å²) in [4.78, 5) is 50.8. The third kappa shape index (κ3) is 3.60. The van der Waals surface area contributed by atoms with Crippen molar-refractivity contribution in [1.82, 2.24) is 0 Å². The van der Waals surface area contributed by atoms with E-state index in [-0.39, 0.29) is 53.4 Å². The maximum absolute atomic E-state index is 14.0. The van der Waals surface area contributed by atoms with Gasteiger partial charge in [-0.1, -0.05) is 54.0 Å². The van der Waals surface area contributed by atoms with Gasteiger partial charge in [-0.2, -0.15) is 0 Å². The third-order valence-corrected chi connectivity index (χ3v) is 11.6. The molecule has 0 heterocycles. The second kappa shape index (κ2) is 8.61. The van der Waals surface area contributed by atoms with Crippen LogP contribution in [0.25, 0.3) is 0 Å². The van der Waals surface area contributed by atoms with Crippen LogP contribution in [0.2, 0.25) is 0 Å². The first-order valence-electron chi connectivity index (χ1n) is 13.7. The number of fused-ring (bicyclic) bond motifs is 4. The average molecular weight is 501 g/mol. The van der Waals surface area contributed by atoms with E-state index in [4.69, 9.17) is 0 Å². The van der Waals surface area contributed by atoms with Gasteiger partial charge in [0.2, 0.25) is 0 Å². The number of rotatable bonds is 6. The quantitative estimate of drug-likeness (QED) is 0.521. The maximum Gasteiger partial charge on any atom is 0.306 e. The molecular formula is C30H44O6. The zero-order chi connectivity index (χ0) is 27.0. The van der Waals surface area contributed by atoms with E-state index in [0.717, 1.165) is 24.0 Å². The molecule has 0 aromatic rings. The second-order valence-electron chi connectivity index (χ2n) is 13.7. The molecule has 2 fully saturated rings. The molecule has 2 saturated carbocycles. The predicted molar refractivity (Wildman–Crippen MR) is 136 cm³/mol. The van der Waals surface area contributed by atoms with Gasteiger partial charge in [-0.05, 0) is 48.9 Å². The number of ketones is 3. The molecule has 4 rings (SSSR count). The SMILES string of the molecule is CC(CC(=O)CC(C)C1CC(O)C2(C)C3=C(C(=O)CC12C)C1(C)CCC(=O)C(C)(C)C1CC3)C(=O)O. The van der Waals surface area contributed by atoms with Gasteiger partial charge < -0.3 is 10.2 Å². The molecule has 8 unspecified atom stereocenters. The van der Waals surface area contributed by atoms with Gasteiger partial charge in [0, 0.05) is 47.5 Å². The van der Waals surface area contributed by atoms with Crippen molar-refractivity contribution in [2.45, 2.75) is 106 Å². The first kappa shape index (κ1) is 27.2. The minimum absolute atomic E-state index is 0.00537. The van der Waals surface area contributed by atoms with Crippen molar-refractivity contribution >= 4 is 23.3 Å². The second-order valence-corrected chi connectivity index (χ2v) is 13.7. The Morgan fingerprint density at radius 3 is 2.28 bits per heavy atom. The van der Waals surface area contributed by atoms with E-state index in [2.05, 4.69) is 20.8 Å². The van der Waals surface area contributed by atoms with Gasteiger partial charge in [-0.15, -0.1) is 0 Å². The number of carboxylic acids is 1. The van der Waals surface area contributed by atoms with Crippen LogP contribution in [-0.4, -0.2) is 39.6 Å². The molecule has 6 nitrogen and oxygen atoms in total. The normalized spacial score (nSPS) is 41.3. The Labute approximate surface area is 215 Å². The smallest absolute Gasteiger partial charge is 0.306 e. The van der Waals surface area contributed by atoms with E-state index in [9.17, 15) is 29.4 Å². The zero-order valence-electron chi connectivity index (χ0n) is 23.1. The Morgan fingerprint density at radius 1 is 1.03 bits per heavy atom. The van der Waals surface area contributed by atoms with Gasteiger partial charge in [-0.25, -0.2) is 0 Å². The first-order chi connectivity index (χ1) is 16.5. The molecule has 0 bridgehead atoms. The van der Waals surface area contributed by atoms with Gasteiger partial charge in [0.1, 0.15) is 11.6 Å². The Hall–Kier alpha value is -1.82. The topological polar surface area (TPSA) is 109 Å². The molecule has 4 aliphatic carbocycles. The van der Waals surface area contributed by atoms with Crippen molar-refractivity contribution in [3.8, 4) is 0 Å². The molecule has 6 heteroatoms. The predicted octanol–water partition coefficient (Wildman–Crippen LogP) is 5.16. The molecule has 0 aromatic carbocycles. The molecule has 8 atom stereocenters. The Kier molecular flexibility index (Phi) is 6.51. The summed E-state index contributed by atoms with van der Waals surface area (Å²) in [6.45, 7) is 14.1. The van der Waals surface area contributed by atoms with Gasteiger partial charge in [0.05, 0.1) is 12.0 Å². The Balaban J connectivity index is 1.70. The molecule has 2 N–H and O–H groups in total. The fraction of sp³-hybridized carbons (Fsp3) is 0.800. The van der Waals surface area contributed by atoms with Crippen LogP contribution < -0.4 is 0 Å². The molecule has 0 radical (unpaired) electrons. The summed E-state index contributed by atoms with van der Waals surface area (Å²) in [5, 5.41) is 20.8. The van der Waals surface area contributed by atoms with E-state index in [1.54, 1.807) is 6.92 Å². The highest BCUT2D eigenvalue weighted by atomic mass is 16.4. The highest BCUT2D eigenvalue weighted by molar-refractivity contribution is 6.00. The summed E-state index contributed by atoms with van der Waals surface area (Å²) in [5.74, 6) is -1.29. The van der Waals surface area contributed by atoms with E-state index >= 15 is 0 Å². The minimum atomic E-state index is -0.971. The number of aliphatic carboxylic acids is 1. The fourth-order valence-corrected chi connectivity index (χ4v) is 9.26. The molecule has 200 valence electrons. The van der Waals surface area contributed by atoms with E-state index in [1.165, 1.54) is 0 Å². The molecule has 0 saturated heterocycles. The Bertz CT molecular complexity index is 1040. The largest absolute Gasteiger partial charge is 0.481 e. The van der Waals surface area contributed by atoms with Crippen molar-refractivity contribution in [1.29, 1.82) is 0 Å². The molecule has 36 heavy (non-hydrogen) atoms. The van der Waals surface area contributed by atoms with Crippen LogP contribution in [0.4, 0.5) is 0 Å². The number of hydrogen-bond donors (Lipinski definition) is 2. The van der Waals surface area contributed by atoms with Gasteiger partial charge in [0.15, 0.2) is 5.78 Å². The standard InChI is InChI=1S/C30H44O6/c1-16(12-18(31)13-17(2)26(35)36)20-14-24(34)30(7)19-8-9-22-27(3,4)23(33)10-11-28(22,5)25(19)21(32)15-29(20,30)6/h16-17,20,22,24,34H,8-15H2,1-7H3,(H,35,36). The number of carbonyl (C=O) groups is 4. The van der Waals surface area contributed by atoms with Crippen LogP contribution in [0.15, 0.2) is 11.1 Å². The number of aliphatic hydroxyl groups is 1. The lowest BCUT2D eigenvalue weighted by Crippen LogP contribution is -2.57. The van der Waals surface area contributed by atoms with Crippen molar-refractivity contribution in [2.75, 3.05) is 0 Å². The number of carbonyl (C=O) groups excluding carboxylic acids is 3. The summed E-state index contributed by atoms with van der Waals surface area (Å²) < 4.78 is 0. The lowest BCUT2D eigenvalue weighted by atomic mass is 9.43. The van der Waals surface area contributed by atoms with Crippen LogP contribution in [0.1, 0.15) is 99.8 Å². The summed E-state index contributed by atoms with van der Waals surface area (Å²) >= 11 is 0. The lowest BCUT2D eigenvalue weighted by molar-refractivity contribution is -0.143.